The minimum absolute atomic E-state index is 0.0439. The summed E-state index contributed by atoms with van der Waals surface area (Å²) in [5.41, 5.74) is 0.572. The highest BCUT2D eigenvalue weighted by Gasteiger charge is 2.19. The zero-order chi connectivity index (χ0) is 15.8. The molecule has 7 heteroatoms. The molecule has 0 aliphatic carbocycles. The predicted octanol–water partition coefficient (Wildman–Crippen LogP) is 0.840. The van der Waals surface area contributed by atoms with Crippen molar-refractivity contribution in [1.82, 2.24) is 5.32 Å². The van der Waals surface area contributed by atoms with E-state index in [1.807, 2.05) is 0 Å². The van der Waals surface area contributed by atoms with Crippen molar-refractivity contribution >= 4 is 23.9 Å². The maximum Gasteiger partial charge on any atom is 0.326 e. The van der Waals surface area contributed by atoms with Gasteiger partial charge in [0.2, 0.25) is 5.91 Å². The Hall–Kier alpha value is -2.83. The number of benzene rings is 1. The van der Waals surface area contributed by atoms with E-state index in [0.717, 1.165) is 6.08 Å². The topological polar surface area (TPSA) is 124 Å². The molecule has 1 atom stereocenters. The maximum absolute atomic E-state index is 11.6. The second-order valence-electron chi connectivity index (χ2n) is 4.26. The molecule has 0 aromatic heterocycles. The number of aromatic hydroxyl groups is 1. The Kier molecular flexibility index (Phi) is 5.94. The molecule has 0 heterocycles. The van der Waals surface area contributed by atoms with Crippen molar-refractivity contribution in [1.29, 1.82) is 0 Å². The van der Waals surface area contributed by atoms with Gasteiger partial charge in [-0.3, -0.25) is 9.59 Å². The summed E-state index contributed by atoms with van der Waals surface area (Å²) in [5, 5.41) is 28.9. The molecule has 112 valence electrons. The first-order chi connectivity index (χ1) is 9.88. The van der Waals surface area contributed by atoms with Gasteiger partial charge in [0.25, 0.3) is 0 Å². The number of carboxylic acid groups (broad SMARTS) is 2. The normalized spacial score (nSPS) is 12.0. The summed E-state index contributed by atoms with van der Waals surface area (Å²) in [5.74, 6) is -3.04. The monoisotopic (exact) mass is 293 g/mol. The van der Waals surface area contributed by atoms with Gasteiger partial charge < -0.3 is 20.6 Å². The molecule has 1 aromatic rings. The smallest absolute Gasteiger partial charge is 0.326 e. The third-order valence-corrected chi connectivity index (χ3v) is 2.56. The summed E-state index contributed by atoms with van der Waals surface area (Å²) in [7, 11) is 0. The molecule has 7 nitrogen and oxygen atoms in total. The minimum Gasteiger partial charge on any atom is -0.508 e. The van der Waals surface area contributed by atoms with Crippen LogP contribution in [0.25, 0.3) is 6.08 Å². The fourth-order valence-electron chi connectivity index (χ4n) is 1.55. The van der Waals surface area contributed by atoms with Crippen LogP contribution in [-0.4, -0.2) is 39.2 Å². The lowest BCUT2D eigenvalue weighted by Crippen LogP contribution is -2.40. The Bertz CT molecular complexity index is 566. The van der Waals surface area contributed by atoms with E-state index in [-0.39, 0.29) is 18.6 Å². The number of carbonyl (C=O) groups excluding carboxylic acids is 1. The maximum atomic E-state index is 11.6. The number of phenolic OH excluding ortho intramolecular Hbond substituents is 1. The average Bonchev–Trinajstić information content (AvgIpc) is 2.40. The molecular weight excluding hydrogens is 278 g/mol. The van der Waals surface area contributed by atoms with E-state index in [9.17, 15) is 19.5 Å². The molecule has 1 aromatic carbocycles. The van der Waals surface area contributed by atoms with E-state index in [1.165, 1.54) is 18.2 Å². The fraction of sp³-hybridized carbons (Fsp3) is 0.214. The number of hydrogen-bond acceptors (Lipinski definition) is 4. The summed E-state index contributed by atoms with van der Waals surface area (Å²) in [6.07, 6.45) is 1.97. The van der Waals surface area contributed by atoms with Gasteiger partial charge in [0.05, 0.1) is 0 Å². The molecule has 0 radical (unpaired) electrons. The number of nitrogens with one attached hydrogen (secondary N) is 1. The van der Waals surface area contributed by atoms with Crippen molar-refractivity contribution in [3.63, 3.8) is 0 Å². The van der Waals surface area contributed by atoms with Gasteiger partial charge in [0.1, 0.15) is 11.8 Å². The highest BCUT2D eigenvalue weighted by atomic mass is 16.4. The molecule has 0 aliphatic heterocycles. The largest absolute Gasteiger partial charge is 0.508 e. The molecule has 0 unspecified atom stereocenters. The van der Waals surface area contributed by atoms with Crippen molar-refractivity contribution in [2.45, 2.75) is 18.9 Å². The van der Waals surface area contributed by atoms with Gasteiger partial charge in [-0.15, -0.1) is 0 Å². The highest BCUT2D eigenvalue weighted by molar-refractivity contribution is 5.94. The lowest BCUT2D eigenvalue weighted by Gasteiger charge is -2.11. The molecule has 0 saturated carbocycles. The first-order valence-electron chi connectivity index (χ1n) is 6.10. The molecule has 1 rings (SSSR count). The standard InChI is InChI=1S/C14H15NO6/c16-10-3-1-2-9(8-10)4-6-12(17)15-11(14(20)21)5-7-13(18)19/h1-4,6,8,11,16H,5,7H2,(H,15,17)(H,18,19)(H,20,21)/t11-/m0/s1. The first-order valence-corrected chi connectivity index (χ1v) is 6.10. The van der Waals surface area contributed by atoms with Crippen LogP contribution in [0.15, 0.2) is 30.3 Å². The molecule has 0 bridgehead atoms. The van der Waals surface area contributed by atoms with E-state index in [4.69, 9.17) is 10.2 Å². The van der Waals surface area contributed by atoms with Gasteiger partial charge in [-0.25, -0.2) is 4.79 Å². The van der Waals surface area contributed by atoms with Crippen molar-refractivity contribution in [3.05, 3.63) is 35.9 Å². The third-order valence-electron chi connectivity index (χ3n) is 2.56. The van der Waals surface area contributed by atoms with Crippen LogP contribution in [-0.2, 0) is 14.4 Å². The van der Waals surface area contributed by atoms with Crippen molar-refractivity contribution in [2.75, 3.05) is 0 Å². The van der Waals surface area contributed by atoms with E-state index in [2.05, 4.69) is 5.32 Å². The second kappa shape index (κ2) is 7.68. The van der Waals surface area contributed by atoms with Crippen LogP contribution in [0.4, 0.5) is 0 Å². The fourth-order valence-corrected chi connectivity index (χ4v) is 1.55. The number of phenols is 1. The first kappa shape index (κ1) is 16.2. The van der Waals surface area contributed by atoms with Crippen LogP contribution in [0.3, 0.4) is 0 Å². The number of carbonyl (C=O) groups is 3. The van der Waals surface area contributed by atoms with E-state index >= 15 is 0 Å². The van der Waals surface area contributed by atoms with Crippen LogP contribution >= 0.6 is 0 Å². The molecule has 0 fully saturated rings. The summed E-state index contributed by atoms with van der Waals surface area (Å²) >= 11 is 0. The third kappa shape index (κ3) is 6.24. The zero-order valence-electron chi connectivity index (χ0n) is 11.0. The number of carboxylic acids is 2. The van der Waals surface area contributed by atoms with Gasteiger partial charge in [0, 0.05) is 12.5 Å². The number of amides is 1. The average molecular weight is 293 g/mol. The van der Waals surface area contributed by atoms with E-state index in [1.54, 1.807) is 12.1 Å². The quantitative estimate of drug-likeness (QED) is 0.552. The molecule has 0 aliphatic rings. The van der Waals surface area contributed by atoms with Crippen LogP contribution in [0.1, 0.15) is 18.4 Å². The van der Waals surface area contributed by atoms with Crippen molar-refractivity contribution in [2.24, 2.45) is 0 Å². The summed E-state index contributed by atoms with van der Waals surface area (Å²) < 4.78 is 0. The molecule has 1 amide bonds. The number of hydrogen-bond donors (Lipinski definition) is 4. The highest BCUT2D eigenvalue weighted by Crippen LogP contribution is 2.11. The lowest BCUT2D eigenvalue weighted by atomic mass is 10.1. The SMILES string of the molecule is O=C(O)CC[C@H](NC(=O)C=Cc1cccc(O)c1)C(=O)O. The van der Waals surface area contributed by atoms with E-state index in [0.29, 0.717) is 5.56 Å². The Morgan fingerprint density at radius 1 is 1.24 bits per heavy atom. The summed E-state index contributed by atoms with van der Waals surface area (Å²) in [6, 6.07) is 4.90. The van der Waals surface area contributed by atoms with Gasteiger partial charge in [-0.2, -0.15) is 0 Å². The summed E-state index contributed by atoms with van der Waals surface area (Å²) in [4.78, 5) is 32.9. The summed E-state index contributed by atoms with van der Waals surface area (Å²) in [6.45, 7) is 0. The second-order valence-corrected chi connectivity index (χ2v) is 4.26. The van der Waals surface area contributed by atoms with E-state index < -0.39 is 23.9 Å². The Morgan fingerprint density at radius 2 is 1.95 bits per heavy atom. The lowest BCUT2D eigenvalue weighted by molar-refractivity contribution is -0.142. The van der Waals surface area contributed by atoms with Crippen molar-refractivity contribution < 1.29 is 29.7 Å². The van der Waals surface area contributed by atoms with Gasteiger partial charge in [-0.05, 0) is 30.2 Å². The van der Waals surface area contributed by atoms with Crippen molar-refractivity contribution in [3.8, 4) is 5.75 Å². The molecular formula is C14H15NO6. The van der Waals surface area contributed by atoms with Crippen LogP contribution in [0.2, 0.25) is 0 Å². The zero-order valence-corrected chi connectivity index (χ0v) is 11.0. The molecule has 21 heavy (non-hydrogen) atoms. The molecule has 0 saturated heterocycles. The number of rotatable bonds is 7. The van der Waals surface area contributed by atoms with Gasteiger partial charge in [0.15, 0.2) is 0 Å². The van der Waals surface area contributed by atoms with Crippen LogP contribution in [0, 0.1) is 0 Å². The molecule has 4 N–H and O–H groups in total. The Morgan fingerprint density at radius 3 is 2.52 bits per heavy atom. The van der Waals surface area contributed by atoms with Crippen LogP contribution in [0.5, 0.6) is 5.75 Å². The Labute approximate surface area is 120 Å². The minimum atomic E-state index is -1.30. The van der Waals surface area contributed by atoms with Gasteiger partial charge >= 0.3 is 11.9 Å². The number of aliphatic carboxylic acids is 2. The Balaban J connectivity index is 2.61. The molecule has 0 spiro atoms. The van der Waals surface area contributed by atoms with Gasteiger partial charge in [-0.1, -0.05) is 12.1 Å². The van der Waals surface area contributed by atoms with Crippen LogP contribution < -0.4 is 5.32 Å². The predicted molar refractivity (Wildman–Crippen MR) is 73.6 cm³/mol.